The zero-order valence-electron chi connectivity index (χ0n) is 16.0. The first-order valence-electron chi connectivity index (χ1n) is 10.7. The van der Waals surface area contributed by atoms with E-state index in [9.17, 15) is 4.79 Å². The van der Waals surface area contributed by atoms with E-state index < -0.39 is 0 Å². The molecule has 4 heteroatoms. The van der Waals surface area contributed by atoms with Crippen LogP contribution in [0.25, 0.3) is 0 Å². The van der Waals surface area contributed by atoms with E-state index in [1.54, 1.807) is 0 Å². The first-order valence-corrected chi connectivity index (χ1v) is 10.7. The fourth-order valence-corrected chi connectivity index (χ4v) is 5.63. The van der Waals surface area contributed by atoms with Crippen molar-refractivity contribution in [2.75, 3.05) is 5.32 Å². The highest BCUT2D eigenvalue weighted by Crippen LogP contribution is 2.39. The topological polar surface area (TPSA) is 44.4 Å². The second-order valence-corrected chi connectivity index (χ2v) is 8.40. The van der Waals surface area contributed by atoms with Crippen molar-refractivity contribution >= 4 is 11.7 Å². The van der Waals surface area contributed by atoms with Gasteiger partial charge in [-0.05, 0) is 56.6 Å². The lowest BCUT2D eigenvalue weighted by Crippen LogP contribution is -2.59. The molecule has 2 N–H and O–H groups in total. The number of nitrogens with zero attached hydrogens (tertiary/aromatic N) is 1. The van der Waals surface area contributed by atoms with E-state index in [1.807, 2.05) is 18.2 Å². The number of nitrogens with one attached hydrogen (secondary N) is 2. The van der Waals surface area contributed by atoms with Crippen LogP contribution in [0.2, 0.25) is 0 Å². The molecule has 2 atom stereocenters. The van der Waals surface area contributed by atoms with Crippen LogP contribution in [0.4, 0.5) is 10.5 Å². The summed E-state index contributed by atoms with van der Waals surface area (Å²) in [6.07, 6.45) is 12.7. The minimum absolute atomic E-state index is 0.0386. The summed E-state index contributed by atoms with van der Waals surface area (Å²) < 4.78 is 0. The predicted octanol–water partition coefficient (Wildman–Crippen LogP) is 4.70. The van der Waals surface area contributed by atoms with E-state index in [0.717, 1.165) is 31.0 Å². The minimum Gasteiger partial charge on any atom is -0.335 e. The van der Waals surface area contributed by atoms with Gasteiger partial charge >= 0.3 is 6.03 Å². The zero-order chi connectivity index (χ0) is 17.9. The Labute approximate surface area is 157 Å². The van der Waals surface area contributed by atoms with Crippen LogP contribution < -0.4 is 10.6 Å². The summed E-state index contributed by atoms with van der Waals surface area (Å²) in [4.78, 5) is 15.4. The van der Waals surface area contributed by atoms with E-state index in [-0.39, 0.29) is 6.03 Å². The van der Waals surface area contributed by atoms with Crippen LogP contribution in [0.15, 0.2) is 24.3 Å². The molecule has 0 aromatic heterocycles. The Kier molecular flexibility index (Phi) is 5.49. The van der Waals surface area contributed by atoms with Gasteiger partial charge < -0.3 is 10.6 Å². The number of aryl methyl sites for hydroxylation is 1. The molecule has 3 fully saturated rings. The monoisotopic (exact) mass is 355 g/mol. The lowest BCUT2D eigenvalue weighted by Gasteiger charge is -2.51. The van der Waals surface area contributed by atoms with Crippen molar-refractivity contribution in [2.45, 2.75) is 95.3 Å². The van der Waals surface area contributed by atoms with Crippen LogP contribution >= 0.6 is 0 Å². The standard InChI is InChI=1S/C22H33N3O/c1-2-16-8-3-6-13-21(16)24-22(26)23-17-14-19-11-7-12-20(15-17)25(19)18-9-4-5-10-18/h3,6,8,13,17-20H,2,4-5,7,9-12,14-15H2,1H3,(H2,23,24,26). The lowest BCUT2D eigenvalue weighted by molar-refractivity contribution is -0.00680. The van der Waals surface area contributed by atoms with E-state index >= 15 is 0 Å². The third-order valence-electron chi connectivity index (χ3n) is 6.76. The number of carbonyl (C=O) groups is 1. The Balaban J connectivity index is 1.36. The van der Waals surface area contributed by atoms with Crippen LogP contribution in [0.3, 0.4) is 0 Å². The number of hydrogen-bond donors (Lipinski definition) is 2. The number of para-hydroxylation sites is 1. The largest absolute Gasteiger partial charge is 0.335 e. The molecular formula is C22H33N3O. The van der Waals surface area contributed by atoms with Gasteiger partial charge in [0.15, 0.2) is 0 Å². The third kappa shape index (κ3) is 3.75. The summed E-state index contributed by atoms with van der Waals surface area (Å²) >= 11 is 0. The molecule has 3 aliphatic rings. The van der Waals surface area contributed by atoms with Gasteiger partial charge in [0.05, 0.1) is 0 Å². The maximum absolute atomic E-state index is 12.6. The number of piperidine rings is 2. The molecule has 4 nitrogen and oxygen atoms in total. The first kappa shape index (κ1) is 17.8. The Bertz CT molecular complexity index is 612. The van der Waals surface area contributed by atoms with Crippen LogP contribution in [0.1, 0.15) is 70.3 Å². The number of benzene rings is 1. The summed E-state index contributed by atoms with van der Waals surface area (Å²) in [5, 5.41) is 6.36. The van der Waals surface area contributed by atoms with Gasteiger partial charge in [-0.3, -0.25) is 4.90 Å². The van der Waals surface area contributed by atoms with Gasteiger partial charge in [-0.2, -0.15) is 0 Å². The molecule has 1 saturated carbocycles. The van der Waals surface area contributed by atoms with Crippen molar-refractivity contribution in [1.29, 1.82) is 0 Å². The second kappa shape index (κ2) is 7.99. The number of hydrogen-bond acceptors (Lipinski definition) is 2. The van der Waals surface area contributed by atoms with E-state index in [2.05, 4.69) is 28.5 Å². The van der Waals surface area contributed by atoms with Crippen LogP contribution in [-0.4, -0.2) is 35.1 Å². The maximum atomic E-state index is 12.6. The van der Waals surface area contributed by atoms with Gasteiger partial charge in [0.1, 0.15) is 0 Å². The number of anilines is 1. The van der Waals surface area contributed by atoms with Crippen LogP contribution in [0.5, 0.6) is 0 Å². The predicted molar refractivity (Wildman–Crippen MR) is 107 cm³/mol. The highest BCUT2D eigenvalue weighted by atomic mass is 16.2. The molecule has 2 bridgehead atoms. The molecule has 26 heavy (non-hydrogen) atoms. The SMILES string of the molecule is CCc1ccccc1NC(=O)NC1CC2CCCC(C1)N2C1CCCC1. The Morgan fingerprint density at radius 1 is 1.00 bits per heavy atom. The molecule has 2 saturated heterocycles. The Hall–Kier alpha value is -1.55. The Morgan fingerprint density at radius 2 is 1.65 bits per heavy atom. The second-order valence-electron chi connectivity index (χ2n) is 8.40. The first-order chi connectivity index (χ1) is 12.7. The molecule has 0 spiro atoms. The summed E-state index contributed by atoms with van der Waals surface area (Å²) in [7, 11) is 0. The van der Waals surface area contributed by atoms with Gasteiger partial charge in [-0.15, -0.1) is 0 Å². The number of amides is 2. The van der Waals surface area contributed by atoms with Crippen molar-refractivity contribution in [3.63, 3.8) is 0 Å². The summed E-state index contributed by atoms with van der Waals surface area (Å²) in [6.45, 7) is 2.12. The quantitative estimate of drug-likeness (QED) is 0.822. The number of carbonyl (C=O) groups excluding carboxylic acids is 1. The summed E-state index contributed by atoms with van der Waals surface area (Å²) in [5.74, 6) is 0. The van der Waals surface area contributed by atoms with E-state index in [4.69, 9.17) is 0 Å². The number of fused-ring (bicyclic) bond motifs is 2. The van der Waals surface area contributed by atoms with Gasteiger partial charge in [0.25, 0.3) is 0 Å². The summed E-state index contributed by atoms with van der Waals surface area (Å²) in [6, 6.07) is 10.5. The number of urea groups is 1. The van der Waals surface area contributed by atoms with E-state index in [1.165, 1.54) is 50.5 Å². The molecule has 1 aliphatic carbocycles. The molecule has 1 aromatic carbocycles. The van der Waals surface area contributed by atoms with E-state index in [0.29, 0.717) is 18.1 Å². The molecule has 2 unspecified atom stereocenters. The molecule has 2 amide bonds. The zero-order valence-corrected chi connectivity index (χ0v) is 16.0. The maximum Gasteiger partial charge on any atom is 0.319 e. The van der Waals surface area contributed by atoms with Gasteiger partial charge in [-0.25, -0.2) is 4.79 Å². The molecule has 142 valence electrons. The van der Waals surface area contributed by atoms with Gasteiger partial charge in [0.2, 0.25) is 0 Å². The third-order valence-corrected chi connectivity index (χ3v) is 6.76. The van der Waals surface area contributed by atoms with Gasteiger partial charge in [-0.1, -0.05) is 44.4 Å². The fraction of sp³-hybridized carbons (Fsp3) is 0.682. The highest BCUT2D eigenvalue weighted by molar-refractivity contribution is 5.90. The smallest absolute Gasteiger partial charge is 0.319 e. The van der Waals surface area contributed by atoms with Crippen molar-refractivity contribution in [3.8, 4) is 0 Å². The Morgan fingerprint density at radius 3 is 2.35 bits per heavy atom. The molecule has 0 radical (unpaired) electrons. The minimum atomic E-state index is -0.0386. The highest BCUT2D eigenvalue weighted by Gasteiger charge is 2.42. The summed E-state index contributed by atoms with van der Waals surface area (Å²) in [5.41, 5.74) is 2.13. The molecular weight excluding hydrogens is 322 g/mol. The van der Waals surface area contributed by atoms with Crippen molar-refractivity contribution in [3.05, 3.63) is 29.8 Å². The van der Waals surface area contributed by atoms with Crippen LogP contribution in [0, 0.1) is 0 Å². The lowest BCUT2D eigenvalue weighted by atomic mass is 9.80. The van der Waals surface area contributed by atoms with Crippen molar-refractivity contribution in [1.82, 2.24) is 10.2 Å². The number of rotatable bonds is 4. The molecule has 2 heterocycles. The van der Waals surface area contributed by atoms with Crippen molar-refractivity contribution < 1.29 is 4.79 Å². The average molecular weight is 356 g/mol. The average Bonchev–Trinajstić information content (AvgIpc) is 3.15. The van der Waals surface area contributed by atoms with Crippen LogP contribution in [-0.2, 0) is 6.42 Å². The molecule has 1 aromatic rings. The normalized spacial score (nSPS) is 29.5. The van der Waals surface area contributed by atoms with Gasteiger partial charge in [0, 0.05) is 29.9 Å². The van der Waals surface area contributed by atoms with Crippen molar-refractivity contribution in [2.24, 2.45) is 0 Å². The fourth-order valence-electron chi connectivity index (χ4n) is 5.63. The molecule has 2 aliphatic heterocycles. The molecule has 4 rings (SSSR count).